The Bertz CT molecular complexity index is 202. The maximum absolute atomic E-state index is 7.02. The summed E-state index contributed by atoms with van der Waals surface area (Å²) < 4.78 is 0. The maximum Gasteiger partial charge on any atom is 0.233 e. The summed E-state index contributed by atoms with van der Waals surface area (Å²) in [6, 6.07) is 0.0306. The predicted octanol–water partition coefficient (Wildman–Crippen LogP) is 3.26. The van der Waals surface area contributed by atoms with Crippen LogP contribution in [0.4, 0.5) is 0 Å². The SMILES string of the molecule is [C-]#[N+]C(CC([N+]#[C-])C(C)C)C(C)C.[Pt].[Pt]. The predicted molar refractivity (Wildman–Crippen MR) is 55.1 cm³/mol. The molecule has 2 nitrogen and oxygen atoms in total. The van der Waals surface area contributed by atoms with Crippen LogP contribution in [-0.4, -0.2) is 12.1 Å². The van der Waals surface area contributed by atoms with E-state index in [1.54, 1.807) is 0 Å². The first kappa shape index (κ1) is 20.7. The van der Waals surface area contributed by atoms with Gasteiger partial charge >= 0.3 is 0 Å². The summed E-state index contributed by atoms with van der Waals surface area (Å²) in [5.41, 5.74) is 0. The molecule has 2 unspecified atom stereocenters. The van der Waals surface area contributed by atoms with Crippen molar-refractivity contribution in [3.63, 3.8) is 0 Å². The van der Waals surface area contributed by atoms with Crippen molar-refractivity contribution >= 4 is 0 Å². The van der Waals surface area contributed by atoms with E-state index >= 15 is 0 Å². The molecule has 2 atom stereocenters. The largest absolute Gasteiger partial charge is 0.313 e. The standard InChI is InChI=1S/C11H18N2.2Pt/c1-8(2)10(12-5)7-11(13-6)9(3)4;;/h8-11H,7H2,1-4H3;;. The first-order valence-corrected chi connectivity index (χ1v) is 4.76. The molecule has 0 aliphatic heterocycles. The van der Waals surface area contributed by atoms with Crippen LogP contribution in [0, 0.1) is 25.0 Å². The summed E-state index contributed by atoms with van der Waals surface area (Å²) in [6.45, 7) is 22.2. The summed E-state index contributed by atoms with van der Waals surface area (Å²) in [6.07, 6.45) is 0.725. The van der Waals surface area contributed by atoms with E-state index in [9.17, 15) is 0 Å². The van der Waals surface area contributed by atoms with Crippen LogP contribution in [0.2, 0.25) is 0 Å². The van der Waals surface area contributed by atoms with Crippen LogP contribution >= 0.6 is 0 Å². The van der Waals surface area contributed by atoms with Crippen molar-refractivity contribution < 1.29 is 42.1 Å². The summed E-state index contributed by atoms with van der Waals surface area (Å²) in [4.78, 5) is 7.13. The van der Waals surface area contributed by atoms with Gasteiger partial charge in [-0.05, 0) is 0 Å². The molecular formula is C11H18N2Pt2. The van der Waals surface area contributed by atoms with Gasteiger partial charge in [0.25, 0.3) is 0 Å². The van der Waals surface area contributed by atoms with Crippen molar-refractivity contribution in [1.82, 2.24) is 0 Å². The summed E-state index contributed by atoms with van der Waals surface area (Å²) in [7, 11) is 0. The van der Waals surface area contributed by atoms with Gasteiger partial charge in [-0.3, -0.25) is 0 Å². The second-order valence-corrected chi connectivity index (χ2v) is 4.12. The van der Waals surface area contributed by atoms with Crippen molar-refractivity contribution in [3.8, 4) is 0 Å². The fourth-order valence-electron chi connectivity index (χ4n) is 1.20. The molecule has 0 amide bonds. The monoisotopic (exact) mass is 568 g/mol. The Hall–Kier alpha value is 0.357. The van der Waals surface area contributed by atoms with Crippen LogP contribution in [0.25, 0.3) is 9.69 Å². The molecular weight excluding hydrogens is 550 g/mol. The number of hydrogen-bond donors (Lipinski definition) is 0. The van der Waals surface area contributed by atoms with Gasteiger partial charge in [0, 0.05) is 54.0 Å². The van der Waals surface area contributed by atoms with Crippen molar-refractivity contribution in [3.05, 3.63) is 22.8 Å². The van der Waals surface area contributed by atoms with E-state index < -0.39 is 0 Å². The van der Waals surface area contributed by atoms with E-state index in [0.717, 1.165) is 6.42 Å². The van der Waals surface area contributed by atoms with E-state index in [-0.39, 0.29) is 54.2 Å². The third-order valence-electron chi connectivity index (χ3n) is 2.35. The minimum atomic E-state index is 0. The molecule has 0 N–H and O–H groups in total. The Labute approximate surface area is 122 Å². The molecule has 0 bridgehead atoms. The zero-order valence-corrected chi connectivity index (χ0v) is 14.1. The fraction of sp³-hybridized carbons (Fsp3) is 0.818. The van der Waals surface area contributed by atoms with Gasteiger partial charge < -0.3 is 9.69 Å². The van der Waals surface area contributed by atoms with Gasteiger partial charge in [0.1, 0.15) is 0 Å². The van der Waals surface area contributed by atoms with E-state index in [0.29, 0.717) is 11.8 Å². The van der Waals surface area contributed by atoms with Crippen LogP contribution in [0.5, 0.6) is 0 Å². The maximum atomic E-state index is 7.02. The van der Waals surface area contributed by atoms with Gasteiger partial charge in [0.2, 0.25) is 12.1 Å². The third-order valence-corrected chi connectivity index (χ3v) is 2.35. The molecule has 0 aromatic rings. The molecule has 0 saturated heterocycles. The van der Waals surface area contributed by atoms with E-state index in [4.69, 9.17) is 13.1 Å². The Morgan fingerprint density at radius 3 is 1.20 bits per heavy atom. The van der Waals surface area contributed by atoms with Crippen LogP contribution in [-0.2, 0) is 42.1 Å². The molecule has 0 radical (unpaired) electrons. The zero-order valence-electron chi connectivity index (χ0n) is 9.54. The quantitative estimate of drug-likeness (QED) is 0.461. The van der Waals surface area contributed by atoms with E-state index in [1.807, 2.05) is 27.7 Å². The van der Waals surface area contributed by atoms with Crippen LogP contribution in [0.1, 0.15) is 34.1 Å². The molecule has 4 heteroatoms. The van der Waals surface area contributed by atoms with Crippen molar-refractivity contribution in [2.45, 2.75) is 46.2 Å². The Balaban J connectivity index is -0.000000720. The normalized spacial score (nSPS) is 13.1. The summed E-state index contributed by atoms with van der Waals surface area (Å²) in [5.74, 6) is 0.723. The van der Waals surface area contributed by atoms with Gasteiger partial charge in [-0.25, -0.2) is 13.1 Å². The van der Waals surface area contributed by atoms with Crippen molar-refractivity contribution in [1.29, 1.82) is 0 Å². The van der Waals surface area contributed by atoms with Gasteiger partial charge in [-0.1, -0.05) is 27.7 Å². The van der Waals surface area contributed by atoms with Crippen molar-refractivity contribution in [2.75, 3.05) is 0 Å². The molecule has 0 aliphatic rings. The van der Waals surface area contributed by atoms with Gasteiger partial charge in [0.05, 0.1) is 6.42 Å². The average Bonchev–Trinajstić information content (AvgIpc) is 2.05. The number of hydrogen-bond acceptors (Lipinski definition) is 0. The molecule has 0 aromatic heterocycles. The zero-order chi connectivity index (χ0) is 10.4. The van der Waals surface area contributed by atoms with Crippen LogP contribution in [0.3, 0.4) is 0 Å². The number of nitrogens with zero attached hydrogens (tertiary/aromatic N) is 2. The van der Waals surface area contributed by atoms with E-state index in [2.05, 4.69) is 9.69 Å². The van der Waals surface area contributed by atoms with Crippen molar-refractivity contribution in [2.24, 2.45) is 11.8 Å². The summed E-state index contributed by atoms with van der Waals surface area (Å²) in [5, 5.41) is 0. The van der Waals surface area contributed by atoms with Gasteiger partial charge in [-0.15, -0.1) is 0 Å². The molecule has 0 saturated carbocycles. The second-order valence-electron chi connectivity index (χ2n) is 4.12. The van der Waals surface area contributed by atoms with Crippen LogP contribution < -0.4 is 0 Å². The molecule has 92 valence electrons. The van der Waals surface area contributed by atoms with Gasteiger partial charge in [0.15, 0.2) is 0 Å². The Kier molecular flexibility index (Phi) is 15.0. The van der Waals surface area contributed by atoms with Gasteiger partial charge in [-0.2, -0.15) is 0 Å². The second kappa shape index (κ2) is 10.9. The Morgan fingerprint density at radius 2 is 1.07 bits per heavy atom. The molecule has 0 aliphatic carbocycles. The molecule has 0 heterocycles. The molecule has 0 fully saturated rings. The third kappa shape index (κ3) is 8.19. The minimum Gasteiger partial charge on any atom is -0.313 e. The first-order valence-electron chi connectivity index (χ1n) is 4.76. The topological polar surface area (TPSA) is 8.72 Å². The molecule has 0 rings (SSSR count). The summed E-state index contributed by atoms with van der Waals surface area (Å²) >= 11 is 0. The smallest absolute Gasteiger partial charge is 0.233 e. The minimum absolute atomic E-state index is 0. The first-order chi connectivity index (χ1) is 6.02. The molecule has 15 heavy (non-hydrogen) atoms. The average molecular weight is 568 g/mol. The van der Waals surface area contributed by atoms with Crippen LogP contribution in [0.15, 0.2) is 0 Å². The molecule has 0 spiro atoms. The van der Waals surface area contributed by atoms with E-state index in [1.165, 1.54) is 0 Å². The number of rotatable bonds is 4. The molecule has 0 aromatic carbocycles. The fourth-order valence-corrected chi connectivity index (χ4v) is 1.20. The Morgan fingerprint density at radius 1 is 0.800 bits per heavy atom.